The standard InChI is InChI=1S/C21H24ClN7O2/c1-21(2,31)14-7-8-29(12-14)18-9-17(19(22)27-26-18)25-20(30)16-6-4-5-15(24-16)13-10-23-28(3)11-13/h4-6,9-11,14,31H,7-8,12H2,1-3H3,(H,25,26,30). The first-order valence-corrected chi connectivity index (χ1v) is 10.4. The molecule has 3 aromatic heterocycles. The summed E-state index contributed by atoms with van der Waals surface area (Å²) in [5.41, 5.74) is 1.31. The number of aromatic nitrogens is 5. The van der Waals surface area contributed by atoms with E-state index >= 15 is 0 Å². The molecule has 0 aromatic carbocycles. The zero-order chi connectivity index (χ0) is 22.2. The van der Waals surface area contributed by atoms with Crippen LogP contribution < -0.4 is 10.2 Å². The maximum atomic E-state index is 12.8. The summed E-state index contributed by atoms with van der Waals surface area (Å²) in [4.78, 5) is 19.3. The molecule has 0 aliphatic carbocycles. The summed E-state index contributed by atoms with van der Waals surface area (Å²) in [6.07, 6.45) is 4.37. The van der Waals surface area contributed by atoms with Gasteiger partial charge in [-0.25, -0.2) is 4.98 Å². The van der Waals surface area contributed by atoms with Crippen LogP contribution in [0.2, 0.25) is 5.15 Å². The highest BCUT2D eigenvalue weighted by molar-refractivity contribution is 6.32. The zero-order valence-corrected chi connectivity index (χ0v) is 18.3. The third kappa shape index (κ3) is 4.67. The molecule has 0 bridgehead atoms. The largest absolute Gasteiger partial charge is 0.390 e. The van der Waals surface area contributed by atoms with E-state index in [4.69, 9.17) is 11.6 Å². The molecule has 1 saturated heterocycles. The lowest BCUT2D eigenvalue weighted by atomic mass is 9.90. The molecule has 162 valence electrons. The van der Waals surface area contributed by atoms with Crippen molar-refractivity contribution in [1.29, 1.82) is 0 Å². The Hall–Kier alpha value is -3.04. The molecule has 4 rings (SSSR count). The monoisotopic (exact) mass is 441 g/mol. The topological polar surface area (TPSA) is 109 Å². The molecule has 10 heteroatoms. The van der Waals surface area contributed by atoms with Crippen molar-refractivity contribution < 1.29 is 9.90 Å². The molecule has 1 fully saturated rings. The predicted octanol–water partition coefficient (Wildman–Crippen LogP) is 2.78. The van der Waals surface area contributed by atoms with Crippen molar-refractivity contribution in [2.24, 2.45) is 13.0 Å². The molecule has 9 nitrogen and oxygen atoms in total. The highest BCUT2D eigenvalue weighted by Gasteiger charge is 2.34. The first kappa shape index (κ1) is 21.2. The molecule has 0 spiro atoms. The number of anilines is 2. The molecule has 0 radical (unpaired) electrons. The van der Waals surface area contributed by atoms with Crippen LogP contribution in [0.5, 0.6) is 0 Å². The van der Waals surface area contributed by atoms with Gasteiger partial charge >= 0.3 is 0 Å². The predicted molar refractivity (Wildman–Crippen MR) is 118 cm³/mol. The van der Waals surface area contributed by atoms with Crippen molar-refractivity contribution in [2.75, 3.05) is 23.3 Å². The first-order valence-electron chi connectivity index (χ1n) is 9.98. The van der Waals surface area contributed by atoms with E-state index in [1.54, 1.807) is 29.1 Å². The molecule has 1 aliphatic heterocycles. The number of amides is 1. The molecule has 1 amide bonds. The second kappa shape index (κ2) is 8.24. The summed E-state index contributed by atoms with van der Waals surface area (Å²) < 4.78 is 1.68. The van der Waals surface area contributed by atoms with Crippen LogP contribution in [0.4, 0.5) is 11.5 Å². The molecule has 3 aromatic rings. The van der Waals surface area contributed by atoms with Crippen LogP contribution in [0.15, 0.2) is 36.7 Å². The maximum absolute atomic E-state index is 12.8. The molecule has 2 N–H and O–H groups in total. The number of rotatable bonds is 5. The minimum Gasteiger partial charge on any atom is -0.390 e. The van der Waals surface area contributed by atoms with Gasteiger partial charge in [-0.1, -0.05) is 17.7 Å². The summed E-state index contributed by atoms with van der Waals surface area (Å²) in [5, 5.41) is 25.4. The van der Waals surface area contributed by atoms with Crippen molar-refractivity contribution in [2.45, 2.75) is 25.9 Å². The Bertz CT molecular complexity index is 1110. The van der Waals surface area contributed by atoms with Gasteiger partial charge in [0.15, 0.2) is 11.0 Å². The number of halogens is 1. The van der Waals surface area contributed by atoms with Crippen molar-refractivity contribution in [3.63, 3.8) is 0 Å². The third-order valence-corrected chi connectivity index (χ3v) is 5.76. The van der Waals surface area contributed by atoms with Crippen LogP contribution in [0.3, 0.4) is 0 Å². The fraction of sp³-hybridized carbons (Fsp3) is 0.381. The first-order chi connectivity index (χ1) is 14.7. The number of pyridine rings is 1. The average molecular weight is 442 g/mol. The molecule has 1 atom stereocenters. The molecule has 1 unspecified atom stereocenters. The van der Waals surface area contributed by atoms with Gasteiger partial charge in [0.05, 0.1) is 23.2 Å². The van der Waals surface area contributed by atoms with Crippen molar-refractivity contribution in [3.8, 4) is 11.3 Å². The van der Waals surface area contributed by atoms with Gasteiger partial charge in [-0.05, 0) is 32.4 Å². The molecular weight excluding hydrogens is 418 g/mol. The Morgan fingerprint density at radius 1 is 1.32 bits per heavy atom. The van der Waals surface area contributed by atoms with Crippen LogP contribution in [0.1, 0.15) is 30.8 Å². The lowest BCUT2D eigenvalue weighted by Gasteiger charge is -2.25. The second-order valence-corrected chi connectivity index (χ2v) is 8.62. The highest BCUT2D eigenvalue weighted by Crippen LogP contribution is 2.31. The van der Waals surface area contributed by atoms with Gasteiger partial charge in [-0.2, -0.15) is 5.10 Å². The van der Waals surface area contributed by atoms with Gasteiger partial charge < -0.3 is 15.3 Å². The summed E-state index contributed by atoms with van der Waals surface area (Å²) in [5.74, 6) is 0.327. The van der Waals surface area contributed by atoms with Crippen molar-refractivity contribution in [1.82, 2.24) is 25.0 Å². The van der Waals surface area contributed by atoms with E-state index in [0.29, 0.717) is 23.7 Å². The quantitative estimate of drug-likeness (QED) is 0.626. The average Bonchev–Trinajstić information content (AvgIpc) is 3.39. The molecule has 0 saturated carbocycles. The maximum Gasteiger partial charge on any atom is 0.274 e. The molecular formula is C21H24ClN7O2. The SMILES string of the molecule is Cn1cc(-c2cccc(C(=O)Nc3cc(N4CCC(C(C)(C)O)C4)nnc3Cl)n2)cn1. The molecule has 1 aliphatic rings. The van der Waals surface area contributed by atoms with Gasteiger partial charge in [0.1, 0.15) is 5.69 Å². The van der Waals surface area contributed by atoms with E-state index < -0.39 is 11.5 Å². The van der Waals surface area contributed by atoms with Gasteiger partial charge in [0.25, 0.3) is 5.91 Å². The smallest absolute Gasteiger partial charge is 0.274 e. The van der Waals surface area contributed by atoms with Crippen LogP contribution in [-0.4, -0.2) is 54.7 Å². The van der Waals surface area contributed by atoms with Crippen LogP contribution >= 0.6 is 11.6 Å². The second-order valence-electron chi connectivity index (χ2n) is 8.26. The Morgan fingerprint density at radius 2 is 2.13 bits per heavy atom. The summed E-state index contributed by atoms with van der Waals surface area (Å²) >= 11 is 6.19. The summed E-state index contributed by atoms with van der Waals surface area (Å²) in [7, 11) is 1.82. The lowest BCUT2D eigenvalue weighted by Crippen LogP contribution is -2.33. The number of aryl methyl sites for hydroxylation is 1. The number of hydrogen-bond donors (Lipinski definition) is 2. The van der Waals surface area contributed by atoms with E-state index in [0.717, 1.165) is 18.5 Å². The minimum absolute atomic E-state index is 0.0961. The van der Waals surface area contributed by atoms with Gasteiger partial charge in [0, 0.05) is 43.9 Å². The third-order valence-electron chi connectivity index (χ3n) is 5.48. The Labute approximate surface area is 185 Å². The van der Waals surface area contributed by atoms with E-state index in [2.05, 4.69) is 25.6 Å². The summed E-state index contributed by atoms with van der Waals surface area (Å²) in [6.45, 7) is 5.02. The highest BCUT2D eigenvalue weighted by atomic mass is 35.5. The molecule has 31 heavy (non-hydrogen) atoms. The van der Waals surface area contributed by atoms with E-state index in [1.807, 2.05) is 38.1 Å². The van der Waals surface area contributed by atoms with Crippen LogP contribution in [0.25, 0.3) is 11.3 Å². The van der Waals surface area contributed by atoms with E-state index in [9.17, 15) is 9.90 Å². The number of nitrogens with zero attached hydrogens (tertiary/aromatic N) is 6. The Balaban J connectivity index is 1.52. The van der Waals surface area contributed by atoms with E-state index in [1.165, 1.54) is 0 Å². The zero-order valence-electron chi connectivity index (χ0n) is 17.6. The van der Waals surface area contributed by atoms with E-state index in [-0.39, 0.29) is 16.8 Å². The number of aliphatic hydroxyl groups is 1. The van der Waals surface area contributed by atoms with Crippen molar-refractivity contribution >= 4 is 29.0 Å². The fourth-order valence-electron chi connectivity index (χ4n) is 3.62. The minimum atomic E-state index is -0.767. The van der Waals surface area contributed by atoms with Gasteiger partial charge in [0.2, 0.25) is 0 Å². The normalized spacial score (nSPS) is 16.5. The number of carbonyl (C=O) groups excluding carboxylic acids is 1. The fourth-order valence-corrected chi connectivity index (χ4v) is 3.76. The molecule has 4 heterocycles. The van der Waals surface area contributed by atoms with Crippen LogP contribution in [-0.2, 0) is 7.05 Å². The van der Waals surface area contributed by atoms with Crippen molar-refractivity contribution in [3.05, 3.63) is 47.5 Å². The van der Waals surface area contributed by atoms with Crippen LogP contribution in [0, 0.1) is 5.92 Å². The number of hydrogen-bond acceptors (Lipinski definition) is 7. The number of nitrogens with one attached hydrogen (secondary N) is 1. The summed E-state index contributed by atoms with van der Waals surface area (Å²) in [6, 6.07) is 6.92. The Morgan fingerprint density at radius 3 is 2.81 bits per heavy atom. The lowest BCUT2D eigenvalue weighted by molar-refractivity contribution is 0.0263. The number of carbonyl (C=O) groups is 1. The van der Waals surface area contributed by atoms with Gasteiger partial charge in [-0.3, -0.25) is 9.48 Å². The van der Waals surface area contributed by atoms with Gasteiger partial charge in [-0.15, -0.1) is 10.2 Å². The Kier molecular flexibility index (Phi) is 5.63.